The molecule has 4 N–H and O–H groups in total. The van der Waals surface area contributed by atoms with Gasteiger partial charge in [0.15, 0.2) is 11.6 Å². The molecular weight excluding hydrogens is 458 g/mol. The molecule has 0 spiro atoms. The molecule has 0 bridgehead atoms. The van der Waals surface area contributed by atoms with E-state index in [0.717, 1.165) is 12.1 Å². The first-order chi connectivity index (χ1) is 15.2. The second-order valence-electron chi connectivity index (χ2n) is 8.16. The van der Waals surface area contributed by atoms with Crippen LogP contribution < -0.4 is 16.0 Å². The second-order valence-corrected chi connectivity index (χ2v) is 9.18. The zero-order valence-corrected chi connectivity index (χ0v) is 19.3. The average molecular weight is 484 g/mol. The van der Waals surface area contributed by atoms with Crippen LogP contribution in [0.1, 0.15) is 32.8 Å². The highest BCUT2D eigenvalue weighted by molar-refractivity contribution is 6.23. The highest BCUT2D eigenvalue weighted by atomic mass is 35.5. The van der Waals surface area contributed by atoms with Gasteiger partial charge in [-0.1, -0.05) is 19.7 Å². The van der Waals surface area contributed by atoms with Crippen LogP contribution in [0.4, 0.5) is 34.6 Å². The highest BCUT2D eigenvalue weighted by Crippen LogP contribution is 2.34. The second kappa shape index (κ2) is 10.2. The third-order valence-electron chi connectivity index (χ3n) is 4.46. The van der Waals surface area contributed by atoms with Crippen molar-refractivity contribution < 1.29 is 22.7 Å². The van der Waals surface area contributed by atoms with Gasteiger partial charge in [-0.25, -0.2) is 17.6 Å². The van der Waals surface area contributed by atoms with Crippen molar-refractivity contribution in [2.45, 2.75) is 38.2 Å². The van der Waals surface area contributed by atoms with Crippen LogP contribution in [0.5, 0.6) is 5.75 Å². The first-order valence-electron chi connectivity index (χ1n) is 9.89. The smallest absolute Gasteiger partial charge is 0.167 e. The van der Waals surface area contributed by atoms with E-state index >= 15 is 0 Å². The number of anilines is 3. The minimum absolute atomic E-state index is 0.0737. The van der Waals surface area contributed by atoms with Gasteiger partial charge in [0.05, 0.1) is 11.4 Å². The molecular formula is C24H26ClF4N3O. The molecule has 33 heavy (non-hydrogen) atoms. The van der Waals surface area contributed by atoms with Gasteiger partial charge in [0.2, 0.25) is 0 Å². The summed E-state index contributed by atoms with van der Waals surface area (Å²) in [7, 11) is 0. The summed E-state index contributed by atoms with van der Waals surface area (Å²) in [5, 5.41) is 18.1. The fourth-order valence-electron chi connectivity index (χ4n) is 2.90. The highest BCUT2D eigenvalue weighted by Gasteiger charge is 2.19. The predicted molar refractivity (Wildman–Crippen MR) is 128 cm³/mol. The molecule has 1 atom stereocenters. The summed E-state index contributed by atoms with van der Waals surface area (Å²) in [4.78, 5) is -0.579. The largest absolute Gasteiger partial charge is 0.504 e. The fraction of sp³-hybridized carbons (Fsp3) is 0.250. The van der Waals surface area contributed by atoms with E-state index in [0.29, 0.717) is 18.2 Å². The molecule has 0 amide bonds. The monoisotopic (exact) mass is 483 g/mol. The Morgan fingerprint density at radius 1 is 0.970 bits per heavy atom. The van der Waals surface area contributed by atoms with Gasteiger partial charge in [-0.05, 0) is 32.9 Å². The molecule has 0 heterocycles. The Hall–Kier alpha value is -3.13. The van der Waals surface area contributed by atoms with E-state index in [1.807, 2.05) is 0 Å². The topological polar surface area (TPSA) is 56.3 Å². The van der Waals surface area contributed by atoms with Crippen molar-refractivity contribution in [1.82, 2.24) is 0 Å². The Balaban J connectivity index is 2.32. The number of allylic oxidation sites excluding steroid dienone is 2. The van der Waals surface area contributed by atoms with Gasteiger partial charge in [0.1, 0.15) is 17.8 Å². The van der Waals surface area contributed by atoms with Crippen molar-refractivity contribution in [3.05, 3.63) is 78.4 Å². The lowest BCUT2D eigenvalue weighted by Crippen LogP contribution is -2.14. The minimum Gasteiger partial charge on any atom is -0.504 e. The quantitative estimate of drug-likeness (QED) is 0.160. The number of benzene rings is 2. The van der Waals surface area contributed by atoms with Gasteiger partial charge >= 0.3 is 0 Å². The lowest BCUT2D eigenvalue weighted by atomic mass is 10.1. The first-order valence-corrected chi connectivity index (χ1v) is 10.3. The molecule has 178 valence electrons. The van der Waals surface area contributed by atoms with Gasteiger partial charge in [0.25, 0.3) is 0 Å². The summed E-state index contributed by atoms with van der Waals surface area (Å²) in [6.45, 7) is 15.8. The van der Waals surface area contributed by atoms with Crippen LogP contribution in [0.15, 0.2) is 55.4 Å². The maximum absolute atomic E-state index is 14.4. The van der Waals surface area contributed by atoms with Gasteiger partial charge < -0.3 is 21.1 Å². The number of alkyl halides is 2. The van der Waals surface area contributed by atoms with E-state index in [1.54, 1.807) is 13.8 Å². The summed E-state index contributed by atoms with van der Waals surface area (Å²) < 4.78 is 56.1. The number of nitrogens with one attached hydrogen (secondary N) is 3. The number of hydrogen-bond donors (Lipinski definition) is 4. The molecule has 2 aromatic rings. The molecule has 0 aliphatic heterocycles. The number of halogens is 5. The van der Waals surface area contributed by atoms with Crippen molar-refractivity contribution in [1.29, 1.82) is 0 Å². The van der Waals surface area contributed by atoms with Gasteiger partial charge in [-0.2, -0.15) is 0 Å². The summed E-state index contributed by atoms with van der Waals surface area (Å²) in [6, 6.07) is 4.07. The Morgan fingerprint density at radius 3 is 2.09 bits per heavy atom. The van der Waals surface area contributed by atoms with Crippen LogP contribution in [0.25, 0.3) is 5.70 Å². The molecule has 0 aliphatic rings. The third kappa shape index (κ3) is 7.18. The number of hydrogen-bond acceptors (Lipinski definition) is 4. The summed E-state index contributed by atoms with van der Waals surface area (Å²) >= 11 is 6.18. The minimum atomic E-state index is -1.48. The zero-order valence-electron chi connectivity index (χ0n) is 18.6. The molecule has 0 saturated heterocycles. The maximum atomic E-state index is 14.4. The number of phenolic OH excluding ortho intramolecular Hbond substituents is 1. The van der Waals surface area contributed by atoms with Crippen molar-refractivity contribution in [3.63, 3.8) is 0 Å². The standard InChI is InChI=1S/C24H26ClF4N3O/c1-12(11-24(5,6)25)30-16-7-17(23(33)20(29)8-16)15(4)32-22-10-21(18(27)9-19(22)28)31-14(3)13(2)26/h7-10,13,30-33H,1,3-4,11H2,2,5-6H3. The van der Waals surface area contributed by atoms with Crippen LogP contribution in [0.3, 0.4) is 0 Å². The SMILES string of the molecule is C=C(CC(C)(C)Cl)Nc1cc(F)c(O)c(C(=C)Nc2cc(NC(=C)C(C)F)c(F)cc2F)c1. The number of aromatic hydroxyl groups is 1. The summed E-state index contributed by atoms with van der Waals surface area (Å²) in [6.07, 6.45) is -1.10. The lowest BCUT2D eigenvalue weighted by Gasteiger charge is -2.20. The van der Waals surface area contributed by atoms with Gasteiger partial charge in [-0.15, -0.1) is 11.6 Å². The first kappa shape index (κ1) is 26.1. The van der Waals surface area contributed by atoms with Gasteiger partial charge in [0, 0.05) is 51.8 Å². The molecule has 0 saturated carbocycles. The van der Waals surface area contributed by atoms with E-state index in [1.165, 1.54) is 13.0 Å². The van der Waals surface area contributed by atoms with Crippen molar-refractivity contribution >= 4 is 34.4 Å². The van der Waals surface area contributed by atoms with E-state index in [-0.39, 0.29) is 34.0 Å². The van der Waals surface area contributed by atoms with Crippen molar-refractivity contribution in [3.8, 4) is 5.75 Å². The predicted octanol–water partition coefficient (Wildman–Crippen LogP) is 7.51. The molecule has 0 radical (unpaired) electrons. The van der Waals surface area contributed by atoms with Crippen LogP contribution in [-0.2, 0) is 0 Å². The van der Waals surface area contributed by atoms with E-state index in [4.69, 9.17) is 11.6 Å². The normalized spacial score (nSPS) is 12.1. The van der Waals surface area contributed by atoms with E-state index in [2.05, 4.69) is 35.7 Å². The molecule has 0 aliphatic carbocycles. The van der Waals surface area contributed by atoms with E-state index in [9.17, 15) is 22.7 Å². The lowest BCUT2D eigenvalue weighted by molar-refractivity contribution is 0.413. The van der Waals surface area contributed by atoms with Crippen LogP contribution >= 0.6 is 11.6 Å². The third-order valence-corrected chi connectivity index (χ3v) is 4.59. The van der Waals surface area contributed by atoms with Crippen molar-refractivity contribution in [2.24, 2.45) is 0 Å². The fourth-order valence-corrected chi connectivity index (χ4v) is 3.06. The summed E-state index contributed by atoms with van der Waals surface area (Å²) in [5.41, 5.74) is 0.0188. The van der Waals surface area contributed by atoms with E-state index < -0.39 is 34.2 Å². The maximum Gasteiger partial charge on any atom is 0.167 e. The molecule has 0 fully saturated rings. The molecule has 2 aromatic carbocycles. The number of rotatable bonds is 10. The average Bonchev–Trinajstić information content (AvgIpc) is 2.66. The Morgan fingerprint density at radius 2 is 1.55 bits per heavy atom. The molecule has 1 unspecified atom stereocenters. The Bertz CT molecular complexity index is 1090. The molecule has 0 aromatic heterocycles. The van der Waals surface area contributed by atoms with Crippen LogP contribution in [-0.4, -0.2) is 16.2 Å². The van der Waals surface area contributed by atoms with Gasteiger partial charge in [-0.3, -0.25) is 0 Å². The molecule has 4 nitrogen and oxygen atoms in total. The Kier molecular flexibility index (Phi) is 8.08. The number of phenols is 1. The van der Waals surface area contributed by atoms with Crippen LogP contribution in [0.2, 0.25) is 0 Å². The van der Waals surface area contributed by atoms with Crippen LogP contribution in [0, 0.1) is 17.5 Å². The molecule has 2 rings (SSSR count). The summed E-state index contributed by atoms with van der Waals surface area (Å²) in [5.74, 6) is -3.62. The molecule has 9 heteroatoms. The zero-order chi connectivity index (χ0) is 25.1. The Labute approximate surface area is 195 Å². The van der Waals surface area contributed by atoms with Crippen molar-refractivity contribution in [2.75, 3.05) is 16.0 Å².